The molecule has 0 spiro atoms. The van der Waals surface area contributed by atoms with Crippen LogP contribution in [0.25, 0.3) is 0 Å². The number of esters is 1. The fourth-order valence-corrected chi connectivity index (χ4v) is 1.50. The van der Waals surface area contributed by atoms with Gasteiger partial charge in [0.25, 0.3) is 0 Å². The summed E-state index contributed by atoms with van der Waals surface area (Å²) in [7, 11) is 0. The summed E-state index contributed by atoms with van der Waals surface area (Å²) in [6.45, 7) is 3.87. The monoisotopic (exact) mass is 220 g/mol. The van der Waals surface area contributed by atoms with Crippen molar-refractivity contribution in [2.24, 2.45) is 0 Å². The maximum Gasteiger partial charge on any atom is 0.305 e. The van der Waals surface area contributed by atoms with Crippen molar-refractivity contribution in [3.05, 3.63) is 0 Å². The highest BCUT2D eigenvalue weighted by Gasteiger charge is 2.55. The lowest BCUT2D eigenvalue weighted by molar-refractivity contribution is -0.207. The summed E-state index contributed by atoms with van der Waals surface area (Å²) in [5.74, 6) is -0.626. The second kappa shape index (κ2) is 4.05. The van der Waals surface area contributed by atoms with Gasteiger partial charge in [0, 0.05) is 6.92 Å². The Morgan fingerprint density at radius 3 is 2.47 bits per heavy atom. The second-order valence-electron chi connectivity index (χ2n) is 3.95. The molecule has 0 amide bonds. The quantitative estimate of drug-likeness (QED) is 0.504. The number of rotatable bonds is 2. The largest absolute Gasteiger partial charge is 0.433 e. The van der Waals surface area contributed by atoms with Crippen LogP contribution in [-0.2, 0) is 14.3 Å². The van der Waals surface area contributed by atoms with Crippen LogP contribution in [0.1, 0.15) is 20.8 Å². The van der Waals surface area contributed by atoms with Gasteiger partial charge in [-0.15, -0.1) is 0 Å². The third kappa shape index (κ3) is 2.28. The molecule has 0 radical (unpaired) electrons. The summed E-state index contributed by atoms with van der Waals surface area (Å²) >= 11 is 0. The number of ether oxygens (including phenoxy) is 2. The molecular formula is C9H16O6. The minimum Gasteiger partial charge on any atom is -0.433 e. The predicted molar refractivity (Wildman–Crippen MR) is 48.7 cm³/mol. The Kier molecular flexibility index (Phi) is 3.34. The van der Waals surface area contributed by atoms with Gasteiger partial charge < -0.3 is 24.8 Å². The zero-order valence-electron chi connectivity index (χ0n) is 8.88. The number of carbonyl (C=O) groups is 1. The number of carbonyl (C=O) groups excluding carboxylic acids is 1. The third-order valence-corrected chi connectivity index (χ3v) is 2.42. The molecule has 0 aromatic rings. The van der Waals surface area contributed by atoms with Crippen molar-refractivity contribution in [1.82, 2.24) is 0 Å². The van der Waals surface area contributed by atoms with E-state index in [4.69, 9.17) is 9.47 Å². The van der Waals surface area contributed by atoms with E-state index in [0.29, 0.717) is 0 Å². The standard InChI is InChI=1S/C9H16O6/c1-4(10)6-7(12)9(3,13)8(15-6)14-5(2)11/h4,6-8,10,12-13H,1-3H3/t4-,6?,7+,8?,9?/m0/s1. The lowest BCUT2D eigenvalue weighted by Gasteiger charge is -2.25. The van der Waals surface area contributed by atoms with Crippen LogP contribution in [0.4, 0.5) is 0 Å². The highest BCUT2D eigenvalue weighted by Crippen LogP contribution is 2.33. The average Bonchev–Trinajstić information content (AvgIpc) is 2.28. The zero-order chi connectivity index (χ0) is 11.8. The van der Waals surface area contributed by atoms with Gasteiger partial charge in [-0.25, -0.2) is 0 Å². The van der Waals surface area contributed by atoms with Crippen LogP contribution in [0.3, 0.4) is 0 Å². The Morgan fingerprint density at radius 2 is 2.13 bits per heavy atom. The molecule has 6 heteroatoms. The molecule has 1 fully saturated rings. The van der Waals surface area contributed by atoms with Gasteiger partial charge in [-0.05, 0) is 13.8 Å². The van der Waals surface area contributed by atoms with Gasteiger partial charge in [-0.2, -0.15) is 0 Å². The first kappa shape index (κ1) is 12.4. The second-order valence-corrected chi connectivity index (χ2v) is 3.95. The molecule has 5 atom stereocenters. The van der Waals surface area contributed by atoms with Crippen LogP contribution in [0.15, 0.2) is 0 Å². The number of aliphatic hydroxyl groups excluding tert-OH is 2. The maximum absolute atomic E-state index is 10.7. The first-order valence-corrected chi connectivity index (χ1v) is 4.68. The predicted octanol–water partition coefficient (Wildman–Crippen LogP) is -1.23. The molecule has 0 aromatic heterocycles. The molecule has 1 aliphatic rings. The Hall–Kier alpha value is -0.690. The van der Waals surface area contributed by atoms with E-state index in [1.165, 1.54) is 20.8 Å². The molecule has 1 rings (SSSR count). The van der Waals surface area contributed by atoms with Crippen molar-refractivity contribution in [3.8, 4) is 0 Å². The Bertz CT molecular complexity index is 249. The Labute approximate surface area is 87.4 Å². The van der Waals surface area contributed by atoms with Crippen LogP contribution in [0.5, 0.6) is 0 Å². The van der Waals surface area contributed by atoms with Gasteiger partial charge in [0.15, 0.2) is 5.60 Å². The fourth-order valence-electron chi connectivity index (χ4n) is 1.50. The van der Waals surface area contributed by atoms with Gasteiger partial charge in [0.05, 0.1) is 6.10 Å². The van der Waals surface area contributed by atoms with Gasteiger partial charge in [-0.1, -0.05) is 0 Å². The van der Waals surface area contributed by atoms with E-state index in [9.17, 15) is 20.1 Å². The number of aliphatic hydroxyl groups is 3. The van der Waals surface area contributed by atoms with E-state index in [-0.39, 0.29) is 0 Å². The number of hydrogen-bond acceptors (Lipinski definition) is 6. The molecule has 3 N–H and O–H groups in total. The van der Waals surface area contributed by atoms with Crippen LogP contribution in [0, 0.1) is 0 Å². The van der Waals surface area contributed by atoms with Crippen LogP contribution in [0.2, 0.25) is 0 Å². The lowest BCUT2D eigenvalue weighted by Crippen LogP contribution is -2.48. The summed E-state index contributed by atoms with van der Waals surface area (Å²) in [6, 6.07) is 0. The Balaban J connectivity index is 2.80. The van der Waals surface area contributed by atoms with Crippen LogP contribution in [-0.4, -0.2) is 51.5 Å². The smallest absolute Gasteiger partial charge is 0.305 e. The van der Waals surface area contributed by atoms with Crippen molar-refractivity contribution in [2.45, 2.75) is 51.0 Å². The zero-order valence-corrected chi connectivity index (χ0v) is 8.88. The summed E-state index contributed by atoms with van der Waals surface area (Å²) < 4.78 is 9.76. The minimum atomic E-state index is -1.71. The highest BCUT2D eigenvalue weighted by atomic mass is 16.7. The van der Waals surface area contributed by atoms with Gasteiger partial charge in [0.1, 0.15) is 12.2 Å². The van der Waals surface area contributed by atoms with E-state index in [2.05, 4.69) is 0 Å². The molecule has 0 saturated carbocycles. The van der Waals surface area contributed by atoms with Crippen molar-refractivity contribution < 1.29 is 29.6 Å². The van der Waals surface area contributed by atoms with E-state index < -0.39 is 36.2 Å². The number of hydrogen-bond donors (Lipinski definition) is 3. The fraction of sp³-hybridized carbons (Fsp3) is 0.889. The molecule has 0 aromatic carbocycles. The molecule has 3 unspecified atom stereocenters. The molecule has 6 nitrogen and oxygen atoms in total. The minimum absolute atomic E-state index is 0.626. The topological polar surface area (TPSA) is 96.2 Å². The first-order chi connectivity index (χ1) is 6.76. The third-order valence-electron chi connectivity index (χ3n) is 2.42. The summed E-state index contributed by atoms with van der Waals surface area (Å²) in [4.78, 5) is 10.7. The average molecular weight is 220 g/mol. The molecule has 88 valence electrons. The summed E-state index contributed by atoms with van der Waals surface area (Å²) in [6.07, 6.45) is -4.50. The van der Waals surface area contributed by atoms with Crippen molar-refractivity contribution in [1.29, 1.82) is 0 Å². The first-order valence-electron chi connectivity index (χ1n) is 4.68. The summed E-state index contributed by atoms with van der Waals surface area (Å²) in [5.41, 5.74) is -1.71. The molecule has 1 aliphatic heterocycles. The summed E-state index contributed by atoms with van der Waals surface area (Å²) in [5, 5.41) is 28.7. The van der Waals surface area contributed by atoms with Gasteiger partial charge >= 0.3 is 5.97 Å². The highest BCUT2D eigenvalue weighted by molar-refractivity contribution is 5.66. The molecule has 1 saturated heterocycles. The van der Waals surface area contributed by atoms with Crippen LogP contribution >= 0.6 is 0 Å². The molecular weight excluding hydrogens is 204 g/mol. The molecule has 15 heavy (non-hydrogen) atoms. The van der Waals surface area contributed by atoms with E-state index in [0.717, 1.165) is 0 Å². The van der Waals surface area contributed by atoms with Crippen molar-refractivity contribution in [3.63, 3.8) is 0 Å². The van der Waals surface area contributed by atoms with Gasteiger partial charge in [0.2, 0.25) is 6.29 Å². The van der Waals surface area contributed by atoms with Crippen molar-refractivity contribution >= 4 is 5.97 Å². The SMILES string of the molecule is CC(=O)OC1OC([C@H](C)O)[C@@H](O)C1(C)O. The van der Waals surface area contributed by atoms with E-state index >= 15 is 0 Å². The van der Waals surface area contributed by atoms with Crippen LogP contribution < -0.4 is 0 Å². The normalized spacial score (nSPS) is 42.7. The molecule has 1 heterocycles. The van der Waals surface area contributed by atoms with E-state index in [1.807, 2.05) is 0 Å². The Morgan fingerprint density at radius 1 is 1.60 bits per heavy atom. The lowest BCUT2D eigenvalue weighted by atomic mass is 9.95. The van der Waals surface area contributed by atoms with E-state index in [1.54, 1.807) is 0 Å². The molecule has 0 aliphatic carbocycles. The maximum atomic E-state index is 10.7. The van der Waals surface area contributed by atoms with Crippen molar-refractivity contribution in [2.75, 3.05) is 0 Å². The van der Waals surface area contributed by atoms with Gasteiger partial charge in [-0.3, -0.25) is 4.79 Å². The molecule has 0 bridgehead atoms.